The third kappa shape index (κ3) is 1.81. The van der Waals surface area contributed by atoms with Crippen LogP contribution in [0.3, 0.4) is 0 Å². The number of hydrogen-bond acceptors (Lipinski definition) is 4. The SMILES string of the molecule is COc1ccc(C2=NO[C@H]3[C@@H]4C[C@@H](C[C@@H]4C(C)=O)[C@@H]23)cc1. The summed E-state index contributed by atoms with van der Waals surface area (Å²) in [6.07, 6.45) is 2.21. The summed E-state index contributed by atoms with van der Waals surface area (Å²) >= 11 is 0. The quantitative estimate of drug-likeness (QED) is 0.858. The number of fused-ring (bicyclic) bond motifs is 5. The van der Waals surface area contributed by atoms with E-state index in [0.29, 0.717) is 23.5 Å². The molecule has 3 aliphatic rings. The van der Waals surface area contributed by atoms with Gasteiger partial charge in [-0.25, -0.2) is 0 Å². The number of benzene rings is 1. The molecular formula is C17H19NO3. The standard InChI is InChI=1S/C17H19NO3/c1-9(19)13-7-11-8-14(13)17-15(11)16(18-21-17)10-3-5-12(20-2)6-4-10/h3-6,11,13-15,17H,7-8H2,1-2H3/t11-,13-,14-,15+,17+/m1/s1. The first-order chi connectivity index (χ1) is 10.2. The number of ether oxygens (including phenoxy) is 1. The number of Topliss-reactive ketones (excluding diaryl/α,β-unsaturated/α-hetero) is 1. The smallest absolute Gasteiger partial charge is 0.139 e. The summed E-state index contributed by atoms with van der Waals surface area (Å²) in [4.78, 5) is 17.5. The highest BCUT2D eigenvalue weighted by atomic mass is 16.6. The van der Waals surface area contributed by atoms with Crippen LogP contribution in [0.4, 0.5) is 0 Å². The van der Waals surface area contributed by atoms with Crippen LogP contribution in [-0.4, -0.2) is 24.7 Å². The van der Waals surface area contributed by atoms with E-state index in [4.69, 9.17) is 9.57 Å². The van der Waals surface area contributed by atoms with Crippen molar-refractivity contribution in [2.75, 3.05) is 7.11 Å². The Morgan fingerprint density at radius 2 is 2.05 bits per heavy atom. The van der Waals surface area contributed by atoms with Crippen LogP contribution in [0.1, 0.15) is 25.3 Å². The third-order valence-corrected chi connectivity index (χ3v) is 5.43. The second-order valence-electron chi connectivity index (χ2n) is 6.41. The molecule has 1 aromatic carbocycles. The van der Waals surface area contributed by atoms with Gasteiger partial charge in [0.05, 0.1) is 12.8 Å². The van der Waals surface area contributed by atoms with Gasteiger partial charge in [-0.2, -0.15) is 0 Å². The first-order valence-corrected chi connectivity index (χ1v) is 7.57. The Balaban J connectivity index is 1.59. The van der Waals surface area contributed by atoms with Gasteiger partial charge >= 0.3 is 0 Å². The predicted octanol–water partition coefficient (Wildman–Crippen LogP) is 2.66. The number of methoxy groups -OCH3 is 1. The van der Waals surface area contributed by atoms with Gasteiger partial charge in [0.15, 0.2) is 0 Å². The fraction of sp³-hybridized carbons (Fsp3) is 0.529. The number of carbonyl (C=O) groups is 1. The molecule has 2 fully saturated rings. The molecule has 4 nitrogen and oxygen atoms in total. The van der Waals surface area contributed by atoms with E-state index in [2.05, 4.69) is 5.16 Å². The van der Waals surface area contributed by atoms with E-state index >= 15 is 0 Å². The highest BCUT2D eigenvalue weighted by Gasteiger charge is 2.59. The van der Waals surface area contributed by atoms with E-state index in [-0.39, 0.29) is 12.0 Å². The molecule has 5 atom stereocenters. The molecule has 0 spiro atoms. The zero-order valence-corrected chi connectivity index (χ0v) is 12.3. The largest absolute Gasteiger partial charge is 0.497 e. The van der Waals surface area contributed by atoms with Crippen molar-refractivity contribution in [1.29, 1.82) is 0 Å². The van der Waals surface area contributed by atoms with Crippen molar-refractivity contribution in [3.05, 3.63) is 29.8 Å². The summed E-state index contributed by atoms with van der Waals surface area (Å²) < 4.78 is 5.20. The van der Waals surface area contributed by atoms with E-state index < -0.39 is 0 Å². The van der Waals surface area contributed by atoms with Crippen molar-refractivity contribution in [1.82, 2.24) is 0 Å². The number of rotatable bonds is 3. The summed E-state index contributed by atoms with van der Waals surface area (Å²) in [5, 5.41) is 4.35. The third-order valence-electron chi connectivity index (χ3n) is 5.43. The Morgan fingerprint density at radius 1 is 1.29 bits per heavy atom. The first-order valence-electron chi connectivity index (χ1n) is 7.57. The van der Waals surface area contributed by atoms with Gasteiger partial charge in [0.1, 0.15) is 17.6 Å². The van der Waals surface area contributed by atoms with Gasteiger partial charge in [0.2, 0.25) is 0 Å². The van der Waals surface area contributed by atoms with Gasteiger partial charge < -0.3 is 9.57 Å². The van der Waals surface area contributed by atoms with Gasteiger partial charge in [-0.15, -0.1) is 0 Å². The van der Waals surface area contributed by atoms with Gasteiger partial charge in [-0.1, -0.05) is 5.16 Å². The molecule has 0 amide bonds. The van der Waals surface area contributed by atoms with E-state index in [1.54, 1.807) is 14.0 Å². The number of carbonyl (C=O) groups excluding carboxylic acids is 1. The minimum Gasteiger partial charge on any atom is -0.497 e. The van der Waals surface area contributed by atoms with Crippen LogP contribution in [0, 0.1) is 23.7 Å². The van der Waals surface area contributed by atoms with Gasteiger partial charge in [-0.05, 0) is 49.9 Å². The summed E-state index contributed by atoms with van der Waals surface area (Å²) in [5.74, 6) is 2.59. The summed E-state index contributed by atoms with van der Waals surface area (Å²) in [7, 11) is 1.67. The molecule has 0 unspecified atom stereocenters. The monoisotopic (exact) mass is 285 g/mol. The molecule has 1 aliphatic heterocycles. The molecule has 2 bridgehead atoms. The summed E-state index contributed by atoms with van der Waals surface area (Å²) in [6.45, 7) is 1.71. The van der Waals surface area contributed by atoms with E-state index in [9.17, 15) is 4.79 Å². The van der Waals surface area contributed by atoms with Crippen molar-refractivity contribution < 1.29 is 14.4 Å². The topological polar surface area (TPSA) is 47.9 Å². The summed E-state index contributed by atoms with van der Waals surface area (Å²) in [6, 6.07) is 7.99. The molecule has 0 N–H and O–H groups in total. The van der Waals surface area contributed by atoms with Crippen LogP contribution in [0.25, 0.3) is 0 Å². The highest BCUT2D eigenvalue weighted by molar-refractivity contribution is 6.03. The lowest BCUT2D eigenvalue weighted by atomic mass is 9.75. The van der Waals surface area contributed by atoms with E-state index in [1.165, 1.54) is 0 Å². The second-order valence-corrected chi connectivity index (χ2v) is 6.41. The number of oxime groups is 1. The maximum atomic E-state index is 11.7. The zero-order valence-electron chi connectivity index (χ0n) is 12.3. The highest BCUT2D eigenvalue weighted by Crippen LogP contribution is 2.56. The molecule has 0 saturated heterocycles. The maximum absolute atomic E-state index is 11.7. The van der Waals surface area contributed by atoms with Crippen molar-refractivity contribution in [3.8, 4) is 5.75 Å². The Hall–Kier alpha value is -1.84. The molecule has 4 heteroatoms. The molecule has 2 saturated carbocycles. The minimum absolute atomic E-state index is 0.106. The van der Waals surface area contributed by atoms with E-state index in [0.717, 1.165) is 29.9 Å². The molecule has 1 heterocycles. The molecule has 1 aromatic rings. The fourth-order valence-corrected chi connectivity index (χ4v) is 4.48. The van der Waals surface area contributed by atoms with Crippen LogP contribution in [-0.2, 0) is 9.63 Å². The number of ketones is 1. The van der Waals surface area contributed by atoms with Crippen LogP contribution in [0.5, 0.6) is 5.75 Å². The Bertz CT molecular complexity index is 607. The average molecular weight is 285 g/mol. The first kappa shape index (κ1) is 12.9. The van der Waals surface area contributed by atoms with Crippen LogP contribution < -0.4 is 4.74 Å². The van der Waals surface area contributed by atoms with Gasteiger partial charge in [0, 0.05) is 23.3 Å². The van der Waals surface area contributed by atoms with E-state index in [1.807, 2.05) is 24.3 Å². The Labute approximate surface area is 124 Å². The molecule has 110 valence electrons. The van der Waals surface area contributed by atoms with Gasteiger partial charge in [-0.3, -0.25) is 4.79 Å². The maximum Gasteiger partial charge on any atom is 0.139 e. The number of nitrogens with zero attached hydrogens (tertiary/aromatic N) is 1. The molecule has 2 aliphatic carbocycles. The second kappa shape index (κ2) is 4.58. The van der Waals surface area contributed by atoms with Crippen molar-refractivity contribution in [2.24, 2.45) is 28.8 Å². The van der Waals surface area contributed by atoms with Crippen molar-refractivity contribution in [3.63, 3.8) is 0 Å². The normalized spacial score (nSPS) is 36.1. The lowest BCUT2D eigenvalue weighted by Gasteiger charge is -2.28. The number of hydrogen-bond donors (Lipinski definition) is 0. The lowest BCUT2D eigenvalue weighted by Crippen LogP contribution is -2.36. The van der Waals surface area contributed by atoms with Crippen molar-refractivity contribution in [2.45, 2.75) is 25.9 Å². The van der Waals surface area contributed by atoms with Crippen LogP contribution in [0.15, 0.2) is 29.4 Å². The molecule has 4 rings (SSSR count). The zero-order chi connectivity index (χ0) is 14.6. The van der Waals surface area contributed by atoms with Crippen LogP contribution in [0.2, 0.25) is 0 Å². The lowest BCUT2D eigenvalue weighted by molar-refractivity contribution is -0.124. The average Bonchev–Trinajstić information content (AvgIpc) is 3.18. The minimum atomic E-state index is 0.106. The molecule has 0 aromatic heterocycles. The van der Waals surface area contributed by atoms with Crippen molar-refractivity contribution >= 4 is 11.5 Å². The Morgan fingerprint density at radius 3 is 2.71 bits per heavy atom. The Kier molecular flexibility index (Phi) is 2.81. The molecule has 0 radical (unpaired) electrons. The molecule has 21 heavy (non-hydrogen) atoms. The predicted molar refractivity (Wildman–Crippen MR) is 78.3 cm³/mol. The van der Waals surface area contributed by atoms with Crippen LogP contribution >= 0.6 is 0 Å². The fourth-order valence-electron chi connectivity index (χ4n) is 4.48. The molecular weight excluding hydrogens is 266 g/mol. The van der Waals surface area contributed by atoms with Gasteiger partial charge in [0.25, 0.3) is 0 Å². The summed E-state index contributed by atoms with van der Waals surface area (Å²) in [5.41, 5.74) is 2.16.